The number of rotatable bonds is 5. The molecule has 0 atom stereocenters. The van der Waals surface area contributed by atoms with Crippen molar-refractivity contribution in [3.8, 4) is 11.5 Å². The molecule has 0 amide bonds. The van der Waals surface area contributed by atoms with E-state index >= 15 is 0 Å². The summed E-state index contributed by atoms with van der Waals surface area (Å²) in [5, 5.41) is 6.98. The Balaban J connectivity index is 2.10. The lowest BCUT2D eigenvalue weighted by Crippen LogP contribution is -2.12. The average Bonchev–Trinajstić information content (AvgIpc) is 2.78. The summed E-state index contributed by atoms with van der Waals surface area (Å²) in [6, 6.07) is 3.85. The molecule has 2 aromatic rings. The van der Waals surface area contributed by atoms with Gasteiger partial charge in [-0.2, -0.15) is 4.98 Å². The van der Waals surface area contributed by atoms with E-state index in [-0.39, 0.29) is 0 Å². The van der Waals surface area contributed by atoms with Crippen LogP contribution in [-0.2, 0) is 6.54 Å². The van der Waals surface area contributed by atoms with Crippen LogP contribution in [-0.4, -0.2) is 21.7 Å². The van der Waals surface area contributed by atoms with Gasteiger partial charge in [-0.15, -0.1) is 6.58 Å². The van der Waals surface area contributed by atoms with E-state index in [0.29, 0.717) is 24.8 Å². The minimum atomic E-state index is 0.518. The first-order valence-electron chi connectivity index (χ1n) is 5.37. The smallest absolute Gasteiger partial charge is 0.240 e. The number of hydrogen-bond donors (Lipinski definition) is 1. The highest BCUT2D eigenvalue weighted by molar-refractivity contribution is 5.48. The first-order valence-corrected chi connectivity index (χ1v) is 5.37. The molecular formula is C12H14N4O. The summed E-state index contributed by atoms with van der Waals surface area (Å²) in [7, 11) is 0. The lowest BCUT2D eigenvalue weighted by atomic mass is 10.2. The fourth-order valence-corrected chi connectivity index (χ4v) is 1.37. The number of aryl methyl sites for hydroxylation is 1. The van der Waals surface area contributed by atoms with Gasteiger partial charge in [0.2, 0.25) is 11.7 Å². The van der Waals surface area contributed by atoms with Crippen molar-refractivity contribution in [2.24, 2.45) is 0 Å². The highest BCUT2D eigenvalue weighted by atomic mass is 16.5. The molecule has 0 aromatic carbocycles. The molecule has 5 heteroatoms. The minimum Gasteiger partial charge on any atom is -0.337 e. The van der Waals surface area contributed by atoms with Crippen molar-refractivity contribution in [1.29, 1.82) is 0 Å². The lowest BCUT2D eigenvalue weighted by Gasteiger charge is -1.95. The standard InChI is InChI=1S/C12H14N4O/c1-3-5-13-8-11-15-12(16-17-11)10-7-9(2)4-6-14-10/h3-4,6-7,13H,1,5,8H2,2H3. The van der Waals surface area contributed by atoms with Crippen LogP contribution in [0.1, 0.15) is 11.5 Å². The summed E-state index contributed by atoms with van der Waals surface area (Å²) in [4.78, 5) is 8.45. The first-order chi connectivity index (χ1) is 8.29. The van der Waals surface area contributed by atoms with Crippen LogP contribution in [0.2, 0.25) is 0 Å². The number of nitrogens with one attached hydrogen (secondary N) is 1. The van der Waals surface area contributed by atoms with Crippen molar-refractivity contribution in [1.82, 2.24) is 20.4 Å². The third-order valence-electron chi connectivity index (χ3n) is 2.18. The van der Waals surface area contributed by atoms with E-state index < -0.39 is 0 Å². The molecule has 2 heterocycles. The van der Waals surface area contributed by atoms with E-state index in [9.17, 15) is 0 Å². The van der Waals surface area contributed by atoms with Crippen LogP contribution in [0.25, 0.3) is 11.5 Å². The van der Waals surface area contributed by atoms with Crippen molar-refractivity contribution < 1.29 is 4.52 Å². The maximum atomic E-state index is 5.11. The first kappa shape index (κ1) is 11.5. The van der Waals surface area contributed by atoms with Gasteiger partial charge in [-0.1, -0.05) is 11.2 Å². The second-order valence-electron chi connectivity index (χ2n) is 3.65. The second kappa shape index (κ2) is 5.36. The van der Waals surface area contributed by atoms with Crippen LogP contribution in [0.15, 0.2) is 35.5 Å². The van der Waals surface area contributed by atoms with Gasteiger partial charge in [0.1, 0.15) is 5.69 Å². The molecule has 5 nitrogen and oxygen atoms in total. The molecule has 0 aliphatic rings. The molecule has 0 aliphatic carbocycles. The Morgan fingerprint density at radius 1 is 1.53 bits per heavy atom. The van der Waals surface area contributed by atoms with Gasteiger partial charge >= 0.3 is 0 Å². The van der Waals surface area contributed by atoms with Gasteiger partial charge < -0.3 is 9.84 Å². The van der Waals surface area contributed by atoms with Gasteiger partial charge in [0, 0.05) is 12.7 Å². The summed E-state index contributed by atoms with van der Waals surface area (Å²) in [5.74, 6) is 1.06. The number of pyridine rings is 1. The highest BCUT2D eigenvalue weighted by Crippen LogP contribution is 2.13. The van der Waals surface area contributed by atoms with E-state index in [1.54, 1.807) is 12.3 Å². The van der Waals surface area contributed by atoms with E-state index in [2.05, 4.69) is 27.0 Å². The maximum absolute atomic E-state index is 5.11. The molecule has 0 spiro atoms. The van der Waals surface area contributed by atoms with Crippen LogP contribution in [0.5, 0.6) is 0 Å². The number of nitrogens with zero attached hydrogens (tertiary/aromatic N) is 3. The fraction of sp³-hybridized carbons (Fsp3) is 0.250. The van der Waals surface area contributed by atoms with E-state index in [4.69, 9.17) is 4.52 Å². The van der Waals surface area contributed by atoms with Crippen molar-refractivity contribution in [3.05, 3.63) is 42.4 Å². The average molecular weight is 230 g/mol. The third-order valence-corrected chi connectivity index (χ3v) is 2.18. The molecule has 0 saturated heterocycles. The molecule has 88 valence electrons. The number of hydrogen-bond acceptors (Lipinski definition) is 5. The molecule has 0 unspecified atom stereocenters. The molecule has 0 radical (unpaired) electrons. The summed E-state index contributed by atoms with van der Waals surface area (Å²) in [5.41, 5.74) is 1.84. The van der Waals surface area contributed by atoms with Crippen LogP contribution in [0.3, 0.4) is 0 Å². The molecular weight excluding hydrogens is 216 g/mol. The molecule has 1 N–H and O–H groups in total. The van der Waals surface area contributed by atoms with Gasteiger partial charge in [0.15, 0.2) is 0 Å². The van der Waals surface area contributed by atoms with E-state index in [1.807, 2.05) is 19.1 Å². The Kier molecular flexibility index (Phi) is 3.62. The Bertz CT molecular complexity index is 507. The quantitative estimate of drug-likeness (QED) is 0.625. The Labute approximate surface area is 99.6 Å². The largest absolute Gasteiger partial charge is 0.337 e. The molecule has 0 fully saturated rings. The summed E-state index contributed by atoms with van der Waals surface area (Å²) >= 11 is 0. The molecule has 2 aromatic heterocycles. The minimum absolute atomic E-state index is 0.518. The predicted octanol–water partition coefficient (Wildman–Crippen LogP) is 1.72. The summed E-state index contributed by atoms with van der Waals surface area (Å²) in [6.45, 7) is 6.85. The van der Waals surface area contributed by atoms with Crippen molar-refractivity contribution >= 4 is 0 Å². The van der Waals surface area contributed by atoms with E-state index in [1.165, 1.54) is 0 Å². The topological polar surface area (TPSA) is 63.8 Å². The van der Waals surface area contributed by atoms with Gasteiger partial charge in [-0.25, -0.2) is 0 Å². The zero-order chi connectivity index (χ0) is 12.1. The monoisotopic (exact) mass is 230 g/mol. The Morgan fingerprint density at radius 3 is 3.18 bits per heavy atom. The molecule has 0 aliphatic heterocycles. The lowest BCUT2D eigenvalue weighted by molar-refractivity contribution is 0.370. The fourth-order valence-electron chi connectivity index (χ4n) is 1.37. The molecule has 17 heavy (non-hydrogen) atoms. The number of aromatic nitrogens is 3. The predicted molar refractivity (Wildman–Crippen MR) is 64.2 cm³/mol. The zero-order valence-electron chi connectivity index (χ0n) is 9.68. The van der Waals surface area contributed by atoms with Gasteiger partial charge in [-0.05, 0) is 24.6 Å². The van der Waals surface area contributed by atoms with Crippen LogP contribution in [0.4, 0.5) is 0 Å². The Morgan fingerprint density at radius 2 is 2.41 bits per heavy atom. The van der Waals surface area contributed by atoms with Crippen LogP contribution in [0, 0.1) is 6.92 Å². The highest BCUT2D eigenvalue weighted by Gasteiger charge is 2.08. The molecule has 0 saturated carbocycles. The third kappa shape index (κ3) is 2.98. The zero-order valence-corrected chi connectivity index (χ0v) is 9.68. The van der Waals surface area contributed by atoms with Gasteiger partial charge in [-0.3, -0.25) is 4.98 Å². The molecule has 0 bridgehead atoms. The second-order valence-corrected chi connectivity index (χ2v) is 3.65. The normalized spacial score (nSPS) is 10.4. The van der Waals surface area contributed by atoms with Crippen molar-refractivity contribution in [2.45, 2.75) is 13.5 Å². The summed E-state index contributed by atoms with van der Waals surface area (Å²) < 4.78 is 5.11. The SMILES string of the molecule is C=CCNCc1nc(-c2cc(C)ccn2)no1. The van der Waals surface area contributed by atoms with Crippen LogP contribution < -0.4 is 5.32 Å². The van der Waals surface area contributed by atoms with Gasteiger partial charge in [0.05, 0.1) is 6.54 Å². The Hall–Kier alpha value is -2.01. The van der Waals surface area contributed by atoms with Crippen LogP contribution >= 0.6 is 0 Å². The maximum Gasteiger partial charge on any atom is 0.240 e. The van der Waals surface area contributed by atoms with E-state index in [0.717, 1.165) is 11.3 Å². The van der Waals surface area contributed by atoms with Crippen molar-refractivity contribution in [3.63, 3.8) is 0 Å². The van der Waals surface area contributed by atoms with Gasteiger partial charge in [0.25, 0.3) is 0 Å². The summed E-state index contributed by atoms with van der Waals surface area (Å²) in [6.07, 6.45) is 3.51. The van der Waals surface area contributed by atoms with Crippen molar-refractivity contribution in [2.75, 3.05) is 6.54 Å². The molecule has 2 rings (SSSR count).